The number of aliphatic carboxylic acids is 1. The number of hydrogen-bond acceptors (Lipinski definition) is 4. The molecule has 0 aromatic heterocycles. The summed E-state index contributed by atoms with van der Waals surface area (Å²) in [6.07, 6.45) is -0.318. The van der Waals surface area contributed by atoms with Gasteiger partial charge in [0.25, 0.3) is 0 Å². The fourth-order valence-electron chi connectivity index (χ4n) is 0.847. The first-order valence-electron chi connectivity index (χ1n) is 3.80. The van der Waals surface area contributed by atoms with Crippen molar-refractivity contribution in [3.8, 4) is 0 Å². The van der Waals surface area contributed by atoms with Crippen molar-refractivity contribution in [2.45, 2.75) is 31.4 Å². The summed E-state index contributed by atoms with van der Waals surface area (Å²) in [7, 11) is 0. The van der Waals surface area contributed by atoms with Gasteiger partial charge < -0.3 is 21.1 Å². The van der Waals surface area contributed by atoms with Gasteiger partial charge in [-0.1, -0.05) is 13.3 Å². The lowest BCUT2D eigenvalue weighted by atomic mass is 9.91. The van der Waals surface area contributed by atoms with E-state index in [1.165, 1.54) is 0 Å². The number of aliphatic hydroxyl groups excluding tert-OH is 2. The van der Waals surface area contributed by atoms with Crippen LogP contribution in [0.25, 0.3) is 0 Å². The molecule has 0 amide bonds. The summed E-state index contributed by atoms with van der Waals surface area (Å²) in [5.74, 6) is -1.38. The molecule has 0 saturated heterocycles. The number of hydrogen-bond donors (Lipinski definition) is 4. The van der Waals surface area contributed by atoms with Crippen molar-refractivity contribution >= 4 is 5.97 Å². The van der Waals surface area contributed by atoms with Gasteiger partial charge in [-0.15, -0.1) is 0 Å². The molecule has 2 unspecified atom stereocenters. The molecule has 0 bridgehead atoms. The monoisotopic (exact) mass is 177 g/mol. The lowest BCUT2D eigenvalue weighted by Gasteiger charge is -2.27. The molecule has 5 N–H and O–H groups in total. The molecule has 5 nitrogen and oxygen atoms in total. The third kappa shape index (κ3) is 2.17. The third-order valence-electron chi connectivity index (χ3n) is 1.82. The van der Waals surface area contributed by atoms with Crippen LogP contribution < -0.4 is 5.73 Å². The Kier molecular flexibility index (Phi) is 4.16. The molecule has 0 aromatic rings. The highest BCUT2D eigenvalue weighted by Gasteiger charge is 2.40. The second kappa shape index (κ2) is 4.39. The van der Waals surface area contributed by atoms with Crippen LogP contribution in [0.4, 0.5) is 0 Å². The van der Waals surface area contributed by atoms with Crippen molar-refractivity contribution in [1.29, 1.82) is 0 Å². The number of carboxylic acids is 1. The molecule has 5 heteroatoms. The average molecular weight is 177 g/mol. The van der Waals surface area contributed by atoms with E-state index in [1.807, 2.05) is 0 Å². The normalized spacial score (nSPS) is 18.3. The summed E-state index contributed by atoms with van der Waals surface area (Å²) in [4.78, 5) is 10.5. The van der Waals surface area contributed by atoms with Crippen molar-refractivity contribution in [3.63, 3.8) is 0 Å². The quantitative estimate of drug-likeness (QED) is 0.427. The molecule has 0 aliphatic carbocycles. The highest BCUT2D eigenvalue weighted by molar-refractivity contribution is 5.79. The van der Waals surface area contributed by atoms with Gasteiger partial charge in [-0.3, -0.25) is 4.79 Å². The van der Waals surface area contributed by atoms with Crippen LogP contribution in [0, 0.1) is 0 Å². The molecule has 0 aliphatic heterocycles. The van der Waals surface area contributed by atoms with Crippen LogP contribution in [0.5, 0.6) is 0 Å². The molecule has 0 rings (SSSR count). The predicted octanol–water partition coefficient (Wildman–Crippen LogP) is -1.08. The van der Waals surface area contributed by atoms with Gasteiger partial charge in [0.1, 0.15) is 0 Å². The molecular weight excluding hydrogens is 162 g/mol. The first kappa shape index (κ1) is 11.4. The summed E-state index contributed by atoms with van der Waals surface area (Å²) in [6, 6.07) is 0. The van der Waals surface area contributed by atoms with Gasteiger partial charge in [0.05, 0.1) is 12.7 Å². The Bertz CT molecular complexity index is 161. The summed E-state index contributed by atoms with van der Waals surface area (Å²) < 4.78 is 0. The Balaban J connectivity index is 4.39. The summed E-state index contributed by atoms with van der Waals surface area (Å²) in [5.41, 5.74) is 3.35. The fraction of sp³-hybridized carbons (Fsp3) is 0.857. The largest absolute Gasteiger partial charge is 0.480 e. The third-order valence-corrected chi connectivity index (χ3v) is 1.82. The van der Waals surface area contributed by atoms with E-state index in [-0.39, 0.29) is 6.42 Å². The molecule has 0 radical (unpaired) electrons. The second-order valence-corrected chi connectivity index (χ2v) is 2.81. The Morgan fingerprint density at radius 1 is 1.67 bits per heavy atom. The summed E-state index contributed by atoms with van der Waals surface area (Å²) >= 11 is 0. The van der Waals surface area contributed by atoms with Gasteiger partial charge in [0.15, 0.2) is 5.54 Å². The van der Waals surface area contributed by atoms with Crippen molar-refractivity contribution in [3.05, 3.63) is 0 Å². The molecular formula is C7H15NO4. The highest BCUT2D eigenvalue weighted by Crippen LogP contribution is 2.12. The maximum atomic E-state index is 10.5. The van der Waals surface area contributed by atoms with E-state index in [0.29, 0.717) is 6.42 Å². The molecule has 0 heterocycles. The maximum absolute atomic E-state index is 10.5. The Labute approximate surface area is 70.8 Å². The SMILES string of the molecule is CCCC(O)C(N)(CO)C(=O)O. The van der Waals surface area contributed by atoms with Crippen LogP contribution in [-0.4, -0.2) is 39.5 Å². The van der Waals surface area contributed by atoms with Crippen molar-refractivity contribution < 1.29 is 20.1 Å². The molecule has 0 aromatic carbocycles. The topological polar surface area (TPSA) is 104 Å². The van der Waals surface area contributed by atoms with E-state index in [9.17, 15) is 9.90 Å². The van der Waals surface area contributed by atoms with E-state index in [1.54, 1.807) is 6.92 Å². The minimum absolute atomic E-state index is 0.267. The summed E-state index contributed by atoms with van der Waals surface area (Å²) in [6.45, 7) is 1.03. The zero-order valence-electron chi connectivity index (χ0n) is 7.03. The van der Waals surface area contributed by atoms with Crippen LogP contribution in [0.15, 0.2) is 0 Å². The van der Waals surface area contributed by atoms with Gasteiger partial charge in [0, 0.05) is 0 Å². The van der Waals surface area contributed by atoms with Gasteiger partial charge in [-0.05, 0) is 6.42 Å². The molecule has 0 fully saturated rings. The smallest absolute Gasteiger partial charge is 0.328 e. The molecule has 2 atom stereocenters. The molecule has 72 valence electrons. The highest BCUT2D eigenvalue weighted by atomic mass is 16.4. The number of nitrogens with two attached hydrogens (primary N) is 1. The van der Waals surface area contributed by atoms with Crippen LogP contribution >= 0.6 is 0 Å². The number of carbonyl (C=O) groups is 1. The van der Waals surface area contributed by atoms with Crippen LogP contribution in [0.1, 0.15) is 19.8 Å². The second-order valence-electron chi connectivity index (χ2n) is 2.81. The van der Waals surface area contributed by atoms with Crippen LogP contribution in [0.2, 0.25) is 0 Å². The zero-order chi connectivity index (χ0) is 9.78. The van der Waals surface area contributed by atoms with E-state index in [0.717, 1.165) is 0 Å². The number of carboxylic acid groups (broad SMARTS) is 1. The van der Waals surface area contributed by atoms with Gasteiger partial charge >= 0.3 is 5.97 Å². The standard InChI is InChI=1S/C7H15NO4/c1-2-3-5(10)7(8,4-9)6(11)12/h5,9-10H,2-4,8H2,1H3,(H,11,12). The van der Waals surface area contributed by atoms with E-state index in [4.69, 9.17) is 15.9 Å². The lowest BCUT2D eigenvalue weighted by Crippen LogP contribution is -2.60. The van der Waals surface area contributed by atoms with Crippen LogP contribution in [0.3, 0.4) is 0 Å². The summed E-state index contributed by atoms with van der Waals surface area (Å²) in [5, 5.41) is 26.5. The fourth-order valence-corrected chi connectivity index (χ4v) is 0.847. The molecule has 12 heavy (non-hydrogen) atoms. The molecule has 0 spiro atoms. The van der Waals surface area contributed by atoms with E-state index < -0.39 is 24.2 Å². The minimum Gasteiger partial charge on any atom is -0.480 e. The number of rotatable bonds is 5. The first-order valence-corrected chi connectivity index (χ1v) is 3.80. The maximum Gasteiger partial charge on any atom is 0.328 e. The zero-order valence-corrected chi connectivity index (χ0v) is 7.03. The Morgan fingerprint density at radius 2 is 2.17 bits per heavy atom. The van der Waals surface area contributed by atoms with Crippen molar-refractivity contribution in [2.24, 2.45) is 5.73 Å². The van der Waals surface area contributed by atoms with Crippen molar-refractivity contribution in [2.75, 3.05) is 6.61 Å². The van der Waals surface area contributed by atoms with Gasteiger partial charge in [-0.2, -0.15) is 0 Å². The molecule has 0 aliphatic rings. The lowest BCUT2D eigenvalue weighted by molar-refractivity contribution is -0.150. The first-order chi connectivity index (χ1) is 5.49. The Morgan fingerprint density at radius 3 is 2.42 bits per heavy atom. The average Bonchev–Trinajstić information content (AvgIpc) is 2.03. The Hall–Kier alpha value is -0.650. The van der Waals surface area contributed by atoms with Gasteiger partial charge in [0.2, 0.25) is 0 Å². The van der Waals surface area contributed by atoms with Gasteiger partial charge in [-0.25, -0.2) is 0 Å². The molecule has 0 saturated carbocycles. The van der Waals surface area contributed by atoms with E-state index >= 15 is 0 Å². The predicted molar refractivity (Wildman–Crippen MR) is 42.6 cm³/mol. The minimum atomic E-state index is -1.92. The number of aliphatic hydroxyl groups is 2. The van der Waals surface area contributed by atoms with Crippen LogP contribution in [-0.2, 0) is 4.79 Å². The van der Waals surface area contributed by atoms with Crippen molar-refractivity contribution in [1.82, 2.24) is 0 Å². The van der Waals surface area contributed by atoms with E-state index in [2.05, 4.69) is 0 Å².